The van der Waals surface area contributed by atoms with E-state index in [9.17, 15) is 53.7 Å². The van der Waals surface area contributed by atoms with E-state index in [2.05, 4.69) is 77.7 Å². The van der Waals surface area contributed by atoms with Crippen LogP contribution in [0.4, 0.5) is 11.6 Å². The molecule has 4 aliphatic rings. The topological polar surface area (TPSA) is 463 Å². The molecule has 32 nitrogen and oxygen atoms in total. The van der Waals surface area contributed by atoms with Crippen molar-refractivity contribution in [2.45, 2.75) is 179 Å². The highest BCUT2D eigenvalue weighted by atomic mass is 28.4. The van der Waals surface area contributed by atoms with Gasteiger partial charge in [-0.1, -0.05) is 79.7 Å². The van der Waals surface area contributed by atoms with E-state index in [1.807, 2.05) is 12.3 Å². The number of H-pyrrole nitrogens is 1. The number of hydrogen-bond acceptors (Lipinski definition) is 27. The number of hydrogen-bond donors (Lipinski definition) is 9. The Morgan fingerprint density at radius 1 is 0.820 bits per heavy atom. The third-order valence-electron chi connectivity index (χ3n) is 21.0. The highest BCUT2D eigenvalue weighted by Crippen LogP contribution is 2.64. The van der Waals surface area contributed by atoms with Crippen molar-refractivity contribution in [2.75, 3.05) is 30.7 Å². The van der Waals surface area contributed by atoms with Crippen LogP contribution >= 0.6 is 0 Å². The Morgan fingerprint density at radius 3 is 2.17 bits per heavy atom. The highest BCUT2D eigenvalue weighted by molar-refractivity contribution is 6.84. The first-order chi connectivity index (χ1) is 52.5. The van der Waals surface area contributed by atoms with Crippen molar-refractivity contribution in [3.05, 3.63) is 182 Å². The van der Waals surface area contributed by atoms with Gasteiger partial charge in [0.05, 0.1) is 59.8 Å². The minimum Gasteiger partial charge on any atom is -0.456 e. The maximum absolute atomic E-state index is 15.8. The first-order valence-corrected chi connectivity index (χ1v) is 42.5. The van der Waals surface area contributed by atoms with Gasteiger partial charge in [0.2, 0.25) is 11.9 Å². The number of benzene rings is 4. The van der Waals surface area contributed by atoms with Gasteiger partial charge in [0.25, 0.3) is 17.4 Å². The number of aliphatic hydroxyl groups excluding tert-OH is 2. The molecule has 0 spiro atoms. The summed E-state index contributed by atoms with van der Waals surface area (Å²) >= 11 is 0. The molecule has 3 aromatic heterocycles. The molecule has 588 valence electrons. The number of ketones is 1. The van der Waals surface area contributed by atoms with E-state index in [1.165, 1.54) is 32.2 Å². The average Bonchev–Trinajstić information content (AvgIpc) is 1.15. The van der Waals surface area contributed by atoms with Crippen LogP contribution in [0.3, 0.4) is 0 Å². The fourth-order valence-electron chi connectivity index (χ4n) is 15.6. The summed E-state index contributed by atoms with van der Waals surface area (Å²) in [6, 6.07) is 29.7. The first kappa shape index (κ1) is 82.6. The Hall–Kier alpha value is -10.8. The molecule has 11 rings (SSSR count). The Kier molecular flexibility index (Phi) is 25.5. The number of ether oxygens (including phenoxy) is 5. The molecule has 1 saturated heterocycles. The summed E-state index contributed by atoms with van der Waals surface area (Å²) in [6.07, 6.45) is -6.29. The van der Waals surface area contributed by atoms with Crippen molar-refractivity contribution < 1.29 is 91.1 Å². The van der Waals surface area contributed by atoms with Crippen LogP contribution in [0.25, 0.3) is 11.2 Å². The number of nitrogens with zero attached hydrogens (tertiary/aromatic N) is 6. The number of aliphatic hydroxyl groups is 3. The normalized spacial score (nSPS) is 22.9. The molecular weight excluding hydrogens is 1470 g/mol. The number of rotatable bonds is 28. The van der Waals surface area contributed by atoms with E-state index >= 15 is 4.79 Å². The third kappa shape index (κ3) is 18.5. The summed E-state index contributed by atoms with van der Waals surface area (Å²) in [5.41, 5.74) is 1.05. The number of aromatic nitrogens is 7. The predicted octanol–water partition coefficient (Wildman–Crippen LogP) is 5.04. The molecule has 11 atom stereocenters. The lowest BCUT2D eigenvalue weighted by atomic mass is 9.44. The smallest absolute Gasteiger partial charge is 0.373 e. The van der Waals surface area contributed by atoms with Crippen molar-refractivity contribution in [1.82, 2.24) is 50.9 Å². The van der Waals surface area contributed by atoms with Crippen LogP contribution in [0.5, 0.6) is 0 Å². The van der Waals surface area contributed by atoms with Gasteiger partial charge in [-0.15, -0.1) is 5.10 Å². The van der Waals surface area contributed by atoms with Crippen molar-refractivity contribution >= 4 is 93.0 Å². The van der Waals surface area contributed by atoms with E-state index in [1.54, 1.807) is 110 Å². The first-order valence-electron chi connectivity index (χ1n) is 36.3. The molecule has 4 aromatic carbocycles. The summed E-state index contributed by atoms with van der Waals surface area (Å²) in [5, 5.41) is 59.1. The quantitative estimate of drug-likeness (QED) is 0.0102. The molecule has 34 heteroatoms. The predicted molar refractivity (Wildman–Crippen MR) is 402 cm³/mol. The number of aryl methyl sites for hydroxylation is 1. The van der Waals surface area contributed by atoms with Crippen LogP contribution in [0.1, 0.15) is 127 Å². The molecule has 0 unspecified atom stereocenters. The van der Waals surface area contributed by atoms with Gasteiger partial charge in [-0.25, -0.2) is 19.6 Å². The Morgan fingerprint density at radius 2 is 1.50 bits per heavy atom. The molecule has 3 aliphatic carbocycles. The molecule has 2 bridgehead atoms. The SMILES string of the molecule is CC(=O)O[C@@H]1C(=O)[C@@]2(C)[C@H](O)C[C@@H]3OC[C@]3(OC(C)=O)[C@@H]2[C@@H](OC(=O)c2ccccc2)[C@@]2(O)C[C@@H](OC(=O)[C@@H](O)[C@H](NC(=O)c3cccc(C[Si](C)(C)O[Si](C)(C)CCn4cc(CCNC(=O)CCCNC(=O)c5ccc(NCc6cnc7nc(N)[nH]c(=O)c7n6)cc5)nn4)c3)c3ccccc3)C(C)=C1C2(C)C.O=C=O. The lowest BCUT2D eigenvalue weighted by Gasteiger charge is -2.67. The third-order valence-corrected chi connectivity index (χ3v) is 28.1. The number of nitrogens with two attached hydrogens (primary N) is 1. The summed E-state index contributed by atoms with van der Waals surface area (Å²) < 4.78 is 39.6. The monoisotopic (exact) mass is 1560 g/mol. The minimum absolute atomic E-state index is 0.0354. The molecule has 7 aromatic rings. The molecule has 3 fully saturated rings. The average molecular weight is 1560 g/mol. The number of nitrogen functional groups attached to an aromatic ring is 1. The summed E-state index contributed by atoms with van der Waals surface area (Å²) in [5.74, 6) is -7.59. The van der Waals surface area contributed by atoms with Gasteiger partial charge < -0.3 is 70.1 Å². The number of nitrogens with one attached hydrogen (secondary N) is 5. The number of Topliss-reactive ketones (excluding diaryl/α,β-unsaturated/α-hetero) is 1. The zero-order valence-corrected chi connectivity index (χ0v) is 65.2. The molecule has 1 aliphatic heterocycles. The van der Waals surface area contributed by atoms with Gasteiger partial charge >= 0.3 is 30.0 Å². The number of aromatic amines is 1. The standard InChI is InChI=1S/C76H92N12O18Si2.CO2/c1-43-54(37-76(100)65(104-70(98)49-22-15-12-16-23-49)63-74(6,55(91)36-56-75(63,42-101-56)105-45(3)90)64(94)62(102-44(2)89)58(43)73(76,4)5)103-71(99)61(93)59(47-20-13-11-14-21-47)83-68(96)50-24-17-19-46(35-50)41-108(9,10)106-107(7,8)34-33-88-40-52(86-87-88)30-32-78-57(92)25-18-31-79-67(95)48-26-28-51(29-27-48)80-38-53-39-81-66-60(82-53)69(97)85-72(77)84-66;2-1-3/h11-17,19-24,26-29,35,39-40,54-56,59,61-63,65,80,91,93,100H,18,25,30-34,36-38,41-42H2,1-10H3,(H,78,92)(H,79,95)(H,83,96)(H3,77,81,84,85,97);/t54-,55-,56+,59-,61+,62+,63-,65-,74+,75-,76+;/m1./s1. The largest absolute Gasteiger partial charge is 0.456 e. The van der Waals surface area contributed by atoms with Crippen molar-refractivity contribution in [3.63, 3.8) is 0 Å². The lowest BCUT2D eigenvalue weighted by Crippen LogP contribution is -2.82. The second-order valence-corrected chi connectivity index (χ2v) is 38.9. The Balaban J connectivity index is 0.00000429. The molecule has 3 amide bonds. The van der Waals surface area contributed by atoms with E-state index in [-0.39, 0.29) is 89.9 Å². The molecule has 10 N–H and O–H groups in total. The zero-order valence-electron chi connectivity index (χ0n) is 63.2. The van der Waals surface area contributed by atoms with Gasteiger partial charge in [0.1, 0.15) is 23.9 Å². The molecule has 4 heterocycles. The minimum atomic E-state index is -2.52. The molecule has 111 heavy (non-hydrogen) atoms. The zero-order chi connectivity index (χ0) is 80.5. The van der Waals surface area contributed by atoms with Crippen molar-refractivity contribution in [1.29, 1.82) is 0 Å². The van der Waals surface area contributed by atoms with Crippen LogP contribution in [-0.2, 0) is 86.9 Å². The Bertz CT molecular complexity index is 4770. The van der Waals surface area contributed by atoms with Gasteiger partial charge in [-0.2, -0.15) is 14.6 Å². The second kappa shape index (κ2) is 34.2. The number of esters is 4. The van der Waals surface area contributed by atoms with Crippen LogP contribution in [0, 0.1) is 16.7 Å². The summed E-state index contributed by atoms with van der Waals surface area (Å²) in [6.45, 7) is 17.8. The van der Waals surface area contributed by atoms with Crippen molar-refractivity contribution in [2.24, 2.45) is 16.7 Å². The maximum atomic E-state index is 15.8. The van der Waals surface area contributed by atoms with Crippen LogP contribution in [0.2, 0.25) is 32.2 Å². The van der Waals surface area contributed by atoms with E-state index in [4.69, 9.17) is 43.1 Å². The van der Waals surface area contributed by atoms with Gasteiger partial charge in [0.15, 0.2) is 51.4 Å². The van der Waals surface area contributed by atoms with Crippen LogP contribution < -0.4 is 32.6 Å². The van der Waals surface area contributed by atoms with Gasteiger partial charge in [0, 0.05) is 87.6 Å². The van der Waals surface area contributed by atoms with Gasteiger partial charge in [-0.05, 0) is 129 Å². The maximum Gasteiger partial charge on any atom is 0.373 e. The fraction of sp³-hybridized carbons (Fsp3) is 0.442. The summed E-state index contributed by atoms with van der Waals surface area (Å²) in [4.78, 5) is 155. The second-order valence-electron chi connectivity index (χ2n) is 30.2. The number of fused-ring (bicyclic) bond motifs is 6. The fourth-order valence-corrected chi connectivity index (χ4v) is 24.3. The number of carbonyl (C=O) groups excluding carboxylic acids is 10. The van der Waals surface area contributed by atoms with E-state index in [0.29, 0.717) is 66.2 Å². The van der Waals surface area contributed by atoms with E-state index < -0.39 is 135 Å². The summed E-state index contributed by atoms with van der Waals surface area (Å²) in [7, 11) is -4.90. The van der Waals surface area contributed by atoms with Crippen molar-refractivity contribution in [3.8, 4) is 0 Å². The molecular formula is C77H92N12O20Si2. The van der Waals surface area contributed by atoms with Crippen LogP contribution in [0.15, 0.2) is 138 Å². The van der Waals surface area contributed by atoms with Crippen LogP contribution in [-0.4, -0.2) is 188 Å². The Labute approximate surface area is 640 Å². The molecule has 2 saturated carbocycles. The number of carbonyl (C=O) groups is 8. The number of anilines is 2. The van der Waals surface area contributed by atoms with E-state index in [0.717, 1.165) is 19.4 Å². The molecule has 0 radical (unpaired) electrons. The lowest BCUT2D eigenvalue weighted by molar-refractivity contribution is -0.346. The van der Waals surface area contributed by atoms with Gasteiger partial charge in [-0.3, -0.25) is 43.2 Å². The highest BCUT2D eigenvalue weighted by Gasteiger charge is 2.78. The number of amides is 3.